The van der Waals surface area contributed by atoms with Crippen LogP contribution in [-0.2, 0) is 4.74 Å². The molecule has 0 saturated carbocycles. The number of rotatable bonds is 7. The quantitative estimate of drug-likeness (QED) is 0.793. The lowest BCUT2D eigenvalue weighted by Gasteiger charge is -2.13. The van der Waals surface area contributed by atoms with Gasteiger partial charge in [-0.1, -0.05) is 0 Å². The topological polar surface area (TPSA) is 81.7 Å². The van der Waals surface area contributed by atoms with Crippen molar-refractivity contribution >= 4 is 17.4 Å². The predicted molar refractivity (Wildman–Crippen MR) is 98.4 cm³/mol. The molecule has 1 fully saturated rings. The van der Waals surface area contributed by atoms with Gasteiger partial charge in [0.2, 0.25) is 0 Å². The molecule has 1 atom stereocenters. The number of benzene rings is 1. The van der Waals surface area contributed by atoms with Crippen LogP contribution in [0.15, 0.2) is 36.5 Å². The van der Waals surface area contributed by atoms with Crippen LogP contribution in [-0.4, -0.2) is 44.4 Å². The van der Waals surface area contributed by atoms with Crippen LogP contribution >= 0.6 is 0 Å². The predicted octanol–water partition coefficient (Wildman–Crippen LogP) is 2.75. The zero-order valence-electron chi connectivity index (χ0n) is 15.0. The summed E-state index contributed by atoms with van der Waals surface area (Å²) in [6.45, 7) is 1.29. The highest BCUT2D eigenvalue weighted by atomic mass is 16.5. The van der Waals surface area contributed by atoms with E-state index < -0.39 is 0 Å². The first kappa shape index (κ1) is 18.0. The van der Waals surface area contributed by atoms with Crippen molar-refractivity contribution in [1.82, 2.24) is 10.3 Å². The van der Waals surface area contributed by atoms with E-state index in [9.17, 15) is 4.79 Å². The first-order valence-corrected chi connectivity index (χ1v) is 8.54. The summed E-state index contributed by atoms with van der Waals surface area (Å²) in [6, 6.07) is 8.80. The maximum atomic E-state index is 12.4. The number of hydrogen-bond acceptors (Lipinski definition) is 6. The van der Waals surface area contributed by atoms with E-state index in [1.165, 1.54) is 0 Å². The second kappa shape index (κ2) is 8.53. The Balaban J connectivity index is 1.69. The van der Waals surface area contributed by atoms with Crippen molar-refractivity contribution in [3.05, 3.63) is 42.1 Å². The summed E-state index contributed by atoms with van der Waals surface area (Å²) in [6.07, 6.45) is 3.74. The molecule has 7 heteroatoms. The number of pyridine rings is 1. The molecule has 1 aromatic carbocycles. The second-order valence-corrected chi connectivity index (χ2v) is 5.97. The lowest BCUT2D eigenvalue weighted by atomic mass is 10.2. The average Bonchev–Trinajstić information content (AvgIpc) is 3.20. The number of nitrogens with one attached hydrogen (secondary N) is 2. The lowest BCUT2D eigenvalue weighted by molar-refractivity contribution is 0.0857. The highest BCUT2D eigenvalue weighted by Gasteiger charge is 2.17. The summed E-state index contributed by atoms with van der Waals surface area (Å²) in [5.41, 5.74) is 1.23. The van der Waals surface area contributed by atoms with Gasteiger partial charge >= 0.3 is 0 Å². The monoisotopic (exact) mass is 357 g/mol. The van der Waals surface area contributed by atoms with Crippen molar-refractivity contribution in [3.63, 3.8) is 0 Å². The van der Waals surface area contributed by atoms with Gasteiger partial charge < -0.3 is 24.8 Å². The average molecular weight is 357 g/mol. The number of amides is 1. The maximum absolute atomic E-state index is 12.4. The smallest absolute Gasteiger partial charge is 0.251 e. The van der Waals surface area contributed by atoms with Gasteiger partial charge in [-0.25, -0.2) is 4.98 Å². The Kier molecular flexibility index (Phi) is 5.91. The molecular weight excluding hydrogens is 334 g/mol. The van der Waals surface area contributed by atoms with Gasteiger partial charge in [0.25, 0.3) is 5.91 Å². The summed E-state index contributed by atoms with van der Waals surface area (Å²) >= 11 is 0. The Bertz CT molecular complexity index is 760. The molecule has 0 radical (unpaired) electrons. The Labute approximate surface area is 152 Å². The highest BCUT2D eigenvalue weighted by molar-refractivity contribution is 5.95. The van der Waals surface area contributed by atoms with Crippen molar-refractivity contribution in [2.24, 2.45) is 0 Å². The van der Waals surface area contributed by atoms with Gasteiger partial charge in [-0.15, -0.1) is 0 Å². The number of carbonyl (C=O) groups is 1. The molecule has 7 nitrogen and oxygen atoms in total. The molecule has 2 aromatic rings. The van der Waals surface area contributed by atoms with E-state index in [0.717, 1.165) is 19.4 Å². The van der Waals surface area contributed by atoms with Gasteiger partial charge in [0.05, 0.1) is 26.0 Å². The zero-order chi connectivity index (χ0) is 18.4. The molecule has 26 heavy (non-hydrogen) atoms. The molecule has 1 unspecified atom stereocenters. The van der Waals surface area contributed by atoms with Crippen molar-refractivity contribution in [2.75, 3.05) is 32.7 Å². The highest BCUT2D eigenvalue weighted by Crippen LogP contribution is 2.31. The summed E-state index contributed by atoms with van der Waals surface area (Å²) < 4.78 is 16.1. The third-order valence-electron chi connectivity index (χ3n) is 4.21. The number of carbonyl (C=O) groups excluding carboxylic acids is 1. The van der Waals surface area contributed by atoms with E-state index in [1.807, 2.05) is 12.1 Å². The van der Waals surface area contributed by atoms with Gasteiger partial charge in [-0.3, -0.25) is 4.79 Å². The standard InChI is InChI=1S/C19H23N3O4/c1-24-14-5-6-17(25-2)16(11-14)22-18-10-13(7-8-20-18)19(23)21-12-15-4-3-9-26-15/h5-8,10-11,15H,3-4,9,12H2,1-2H3,(H,20,22)(H,21,23). The van der Waals surface area contributed by atoms with Gasteiger partial charge in [0.15, 0.2) is 0 Å². The molecule has 138 valence electrons. The second-order valence-electron chi connectivity index (χ2n) is 5.97. The summed E-state index contributed by atoms with van der Waals surface area (Å²) in [5.74, 6) is 1.74. The molecule has 1 aliphatic rings. The van der Waals surface area contributed by atoms with Crippen LogP contribution in [0.2, 0.25) is 0 Å². The zero-order valence-corrected chi connectivity index (χ0v) is 15.0. The fraction of sp³-hybridized carbons (Fsp3) is 0.368. The molecule has 0 bridgehead atoms. The molecule has 3 rings (SSSR count). The number of ether oxygens (including phenoxy) is 3. The number of anilines is 2. The minimum atomic E-state index is -0.149. The van der Waals surface area contributed by atoms with Crippen LogP contribution in [0.4, 0.5) is 11.5 Å². The Morgan fingerprint density at radius 1 is 1.27 bits per heavy atom. The van der Waals surface area contributed by atoms with E-state index in [4.69, 9.17) is 14.2 Å². The molecule has 1 amide bonds. The normalized spacial score (nSPS) is 16.2. The van der Waals surface area contributed by atoms with Crippen molar-refractivity contribution in [2.45, 2.75) is 18.9 Å². The number of methoxy groups -OCH3 is 2. The SMILES string of the molecule is COc1ccc(OC)c(Nc2cc(C(=O)NCC3CCCO3)ccn2)c1. The number of nitrogens with zero attached hydrogens (tertiary/aromatic N) is 1. The largest absolute Gasteiger partial charge is 0.497 e. The molecule has 2 heterocycles. The van der Waals surface area contributed by atoms with Gasteiger partial charge in [-0.2, -0.15) is 0 Å². The minimum absolute atomic E-state index is 0.111. The van der Waals surface area contributed by atoms with Crippen LogP contribution in [0.3, 0.4) is 0 Å². The third-order valence-corrected chi connectivity index (χ3v) is 4.21. The summed E-state index contributed by atoms with van der Waals surface area (Å²) in [7, 11) is 3.19. The summed E-state index contributed by atoms with van der Waals surface area (Å²) in [5, 5.41) is 6.08. The Morgan fingerprint density at radius 3 is 2.88 bits per heavy atom. The molecule has 1 aromatic heterocycles. The Hall–Kier alpha value is -2.80. The molecule has 0 spiro atoms. The van der Waals surface area contributed by atoms with Crippen molar-refractivity contribution in [1.29, 1.82) is 0 Å². The summed E-state index contributed by atoms with van der Waals surface area (Å²) in [4.78, 5) is 16.6. The molecule has 2 N–H and O–H groups in total. The van der Waals surface area contributed by atoms with Crippen LogP contribution in [0.25, 0.3) is 0 Å². The van der Waals surface area contributed by atoms with E-state index in [0.29, 0.717) is 35.1 Å². The molecular formula is C19H23N3O4. The first-order valence-electron chi connectivity index (χ1n) is 8.54. The van der Waals surface area contributed by atoms with Gasteiger partial charge in [-0.05, 0) is 37.1 Å². The van der Waals surface area contributed by atoms with Crippen molar-refractivity contribution in [3.8, 4) is 11.5 Å². The van der Waals surface area contributed by atoms with E-state index in [1.54, 1.807) is 38.6 Å². The molecule has 1 saturated heterocycles. The van der Waals surface area contributed by atoms with Gasteiger partial charge in [0, 0.05) is 31.0 Å². The molecule has 1 aliphatic heterocycles. The number of aromatic nitrogens is 1. The fourth-order valence-electron chi connectivity index (χ4n) is 2.80. The van der Waals surface area contributed by atoms with E-state index in [-0.39, 0.29) is 12.0 Å². The minimum Gasteiger partial charge on any atom is -0.497 e. The number of hydrogen-bond donors (Lipinski definition) is 2. The Morgan fingerprint density at radius 2 is 2.15 bits per heavy atom. The van der Waals surface area contributed by atoms with Gasteiger partial charge in [0.1, 0.15) is 17.3 Å². The fourth-order valence-corrected chi connectivity index (χ4v) is 2.80. The maximum Gasteiger partial charge on any atom is 0.251 e. The van der Waals surface area contributed by atoms with Crippen LogP contribution in [0, 0.1) is 0 Å². The van der Waals surface area contributed by atoms with Crippen LogP contribution in [0.1, 0.15) is 23.2 Å². The van der Waals surface area contributed by atoms with E-state index in [2.05, 4.69) is 15.6 Å². The van der Waals surface area contributed by atoms with Crippen LogP contribution in [0.5, 0.6) is 11.5 Å². The van der Waals surface area contributed by atoms with Crippen molar-refractivity contribution < 1.29 is 19.0 Å². The third kappa shape index (κ3) is 4.43. The lowest BCUT2D eigenvalue weighted by Crippen LogP contribution is -2.31. The first-order chi connectivity index (χ1) is 12.7. The van der Waals surface area contributed by atoms with Crippen LogP contribution < -0.4 is 20.1 Å². The molecule has 0 aliphatic carbocycles. The van der Waals surface area contributed by atoms with E-state index >= 15 is 0 Å².